The van der Waals surface area contributed by atoms with Crippen molar-refractivity contribution in [1.29, 1.82) is 0 Å². The van der Waals surface area contributed by atoms with Crippen molar-refractivity contribution in [2.75, 3.05) is 29.5 Å². The van der Waals surface area contributed by atoms with Gasteiger partial charge in [0, 0.05) is 29.2 Å². The minimum atomic E-state index is -0.885. The summed E-state index contributed by atoms with van der Waals surface area (Å²) in [5, 5.41) is 10.9. The Bertz CT molecular complexity index is 1690. The number of fused-ring (bicyclic) bond motifs is 1. The number of carbonyl (C=O) groups excluding carboxylic acids is 3. The summed E-state index contributed by atoms with van der Waals surface area (Å²) in [4.78, 5) is 50.4. The predicted octanol–water partition coefficient (Wildman–Crippen LogP) is 6.13. The zero-order chi connectivity index (χ0) is 34.2. The van der Waals surface area contributed by atoms with Gasteiger partial charge in [-0.15, -0.1) is 24.9 Å². The number of aryl methyl sites for hydroxylation is 2. The van der Waals surface area contributed by atoms with E-state index < -0.39 is 33.4 Å². The number of anilines is 2. The van der Waals surface area contributed by atoms with Crippen molar-refractivity contribution in [2.24, 2.45) is 11.8 Å². The van der Waals surface area contributed by atoms with Crippen molar-refractivity contribution < 1.29 is 19.5 Å². The van der Waals surface area contributed by atoms with Crippen LogP contribution in [-0.4, -0.2) is 69.0 Å². The van der Waals surface area contributed by atoms with E-state index in [1.165, 1.54) is 0 Å². The number of aliphatic hydroxyl groups is 1. The van der Waals surface area contributed by atoms with Crippen LogP contribution in [0.4, 0.5) is 11.4 Å². The van der Waals surface area contributed by atoms with Crippen LogP contribution in [0, 0.1) is 25.7 Å². The Morgan fingerprint density at radius 2 is 1.52 bits per heavy atom. The van der Waals surface area contributed by atoms with Crippen molar-refractivity contribution in [1.82, 2.24) is 4.90 Å². The highest BCUT2D eigenvalue weighted by atomic mass is 32.2. The summed E-state index contributed by atoms with van der Waals surface area (Å²) in [6.07, 6.45) is 5.12. The number of rotatable bonds is 12. The highest BCUT2D eigenvalue weighted by Gasteiger charge is 2.78. The molecule has 3 aromatic carbocycles. The van der Waals surface area contributed by atoms with Crippen LogP contribution in [-0.2, 0) is 20.8 Å². The zero-order valence-corrected chi connectivity index (χ0v) is 28.9. The Morgan fingerprint density at radius 1 is 0.917 bits per heavy atom. The average molecular weight is 664 g/mol. The molecule has 3 aliphatic heterocycles. The topological polar surface area (TPSA) is 81.2 Å². The number of para-hydroxylation sites is 2. The van der Waals surface area contributed by atoms with Crippen molar-refractivity contribution in [3.63, 3.8) is 0 Å². The second-order valence-electron chi connectivity index (χ2n) is 13.6. The van der Waals surface area contributed by atoms with Crippen LogP contribution in [0.15, 0.2) is 104 Å². The molecule has 250 valence electrons. The Hall–Kier alpha value is -4.14. The number of likely N-dealkylation sites (tertiary alicyclic amines) is 1. The fraction of sp³-hybridized carbons (Fsp3) is 0.375. The Morgan fingerprint density at radius 3 is 2.12 bits per heavy atom. The van der Waals surface area contributed by atoms with Crippen LogP contribution >= 0.6 is 11.8 Å². The smallest absolute Gasteiger partial charge is 0.251 e. The quantitative estimate of drug-likeness (QED) is 0.236. The summed E-state index contributed by atoms with van der Waals surface area (Å²) in [5.41, 5.74) is 4.40. The third kappa shape index (κ3) is 5.49. The number of nitrogens with zero attached hydrogens (tertiary/aromatic N) is 3. The number of hydrogen-bond acceptors (Lipinski definition) is 5. The first-order valence-electron chi connectivity index (χ1n) is 16.7. The number of benzene rings is 3. The Kier molecular flexibility index (Phi) is 9.42. The second kappa shape index (κ2) is 13.4. The van der Waals surface area contributed by atoms with Crippen LogP contribution in [0.5, 0.6) is 0 Å². The van der Waals surface area contributed by atoms with E-state index in [-0.39, 0.29) is 30.9 Å². The number of carbonyl (C=O) groups is 3. The largest absolute Gasteiger partial charge is 0.394 e. The summed E-state index contributed by atoms with van der Waals surface area (Å²) in [5.74, 6) is -1.96. The molecule has 1 N–H and O–H groups in total. The normalized spacial score (nSPS) is 26.2. The van der Waals surface area contributed by atoms with E-state index in [0.29, 0.717) is 25.8 Å². The lowest BCUT2D eigenvalue weighted by atomic mass is 9.66. The van der Waals surface area contributed by atoms with Gasteiger partial charge in [0.05, 0.1) is 29.2 Å². The Balaban J connectivity index is 1.50. The van der Waals surface area contributed by atoms with Gasteiger partial charge >= 0.3 is 0 Å². The predicted molar refractivity (Wildman–Crippen MR) is 194 cm³/mol. The van der Waals surface area contributed by atoms with Gasteiger partial charge in [0.15, 0.2) is 0 Å². The molecule has 3 heterocycles. The number of aliphatic hydroxyl groups excluding tert-OH is 1. The first-order chi connectivity index (χ1) is 23.1. The van der Waals surface area contributed by atoms with E-state index in [0.717, 1.165) is 28.1 Å². The molecule has 48 heavy (non-hydrogen) atoms. The van der Waals surface area contributed by atoms with Gasteiger partial charge in [-0.1, -0.05) is 78.9 Å². The molecule has 3 amide bonds. The third-order valence-electron chi connectivity index (χ3n) is 10.6. The molecular weight excluding hydrogens is 619 g/mol. The molecule has 6 atom stereocenters. The minimum absolute atomic E-state index is 0.134. The van der Waals surface area contributed by atoms with Gasteiger partial charge in [-0.05, 0) is 68.9 Å². The molecule has 0 aromatic heterocycles. The van der Waals surface area contributed by atoms with Gasteiger partial charge in [-0.3, -0.25) is 14.4 Å². The first kappa shape index (κ1) is 33.7. The maximum Gasteiger partial charge on any atom is 0.251 e. The van der Waals surface area contributed by atoms with E-state index in [1.807, 2.05) is 92.7 Å². The molecule has 0 saturated carbocycles. The number of amides is 3. The summed E-state index contributed by atoms with van der Waals surface area (Å²) in [6.45, 7) is 14.2. The summed E-state index contributed by atoms with van der Waals surface area (Å²) in [6, 6.07) is 23.6. The van der Waals surface area contributed by atoms with Gasteiger partial charge in [-0.25, -0.2) is 0 Å². The average Bonchev–Trinajstić information content (AvgIpc) is 3.66. The van der Waals surface area contributed by atoms with Gasteiger partial charge in [0.25, 0.3) is 5.91 Å². The summed E-state index contributed by atoms with van der Waals surface area (Å²) < 4.78 is -1.40. The van der Waals surface area contributed by atoms with E-state index in [2.05, 4.69) is 20.1 Å². The molecule has 3 fully saturated rings. The summed E-state index contributed by atoms with van der Waals surface area (Å²) in [7, 11) is 0. The van der Waals surface area contributed by atoms with Crippen molar-refractivity contribution in [2.45, 2.75) is 61.6 Å². The number of hydrogen-bond donors (Lipinski definition) is 1. The lowest BCUT2D eigenvalue weighted by molar-refractivity contribution is -0.142. The van der Waals surface area contributed by atoms with Crippen molar-refractivity contribution in [3.8, 4) is 0 Å². The number of thioether (sulfide) groups is 1. The highest BCUT2D eigenvalue weighted by molar-refractivity contribution is 8.02. The molecular formula is C40H45N3O4S. The van der Waals surface area contributed by atoms with Crippen LogP contribution < -0.4 is 9.80 Å². The molecule has 8 heteroatoms. The van der Waals surface area contributed by atoms with Crippen LogP contribution in [0.1, 0.15) is 36.5 Å². The third-order valence-corrected chi connectivity index (χ3v) is 12.6. The van der Waals surface area contributed by atoms with E-state index in [1.54, 1.807) is 38.6 Å². The molecule has 6 rings (SSSR count). The maximum atomic E-state index is 15.3. The van der Waals surface area contributed by atoms with Crippen molar-refractivity contribution in [3.05, 3.63) is 121 Å². The summed E-state index contributed by atoms with van der Waals surface area (Å²) >= 11 is 1.65. The van der Waals surface area contributed by atoms with Crippen LogP contribution in [0.2, 0.25) is 0 Å². The van der Waals surface area contributed by atoms with Gasteiger partial charge in [-0.2, -0.15) is 0 Å². The van der Waals surface area contributed by atoms with Crippen LogP contribution in [0.25, 0.3) is 0 Å². The second-order valence-corrected chi connectivity index (χ2v) is 15.4. The maximum absolute atomic E-state index is 15.3. The van der Waals surface area contributed by atoms with Crippen molar-refractivity contribution >= 4 is 40.9 Å². The molecule has 3 aromatic rings. The molecule has 2 bridgehead atoms. The van der Waals surface area contributed by atoms with Gasteiger partial charge in [0.2, 0.25) is 11.8 Å². The monoisotopic (exact) mass is 663 g/mol. The molecule has 0 radical (unpaired) electrons. The molecule has 3 saturated heterocycles. The van der Waals surface area contributed by atoms with E-state index in [4.69, 9.17) is 0 Å². The molecule has 7 nitrogen and oxygen atoms in total. The van der Waals surface area contributed by atoms with Gasteiger partial charge < -0.3 is 19.8 Å². The lowest BCUT2D eigenvalue weighted by Crippen LogP contribution is -2.58. The SMILES string of the molecule is C=CCN(C(=O)[C@H]1[C@H]2C(=O)N([C@@H](CO)Cc3ccccc3)C(C(=O)N(CC=C)c3c(C)cccc3C)C23CC[C@]1(C)S3)c1ccccc1. The fourth-order valence-electron chi connectivity index (χ4n) is 8.58. The highest BCUT2D eigenvalue weighted by Crippen LogP contribution is 2.72. The first-order valence-corrected chi connectivity index (χ1v) is 17.6. The lowest BCUT2D eigenvalue weighted by Gasteiger charge is -2.40. The van der Waals surface area contributed by atoms with E-state index in [9.17, 15) is 9.90 Å². The van der Waals surface area contributed by atoms with Gasteiger partial charge in [0.1, 0.15) is 6.04 Å². The minimum Gasteiger partial charge on any atom is -0.394 e. The fourth-order valence-corrected chi connectivity index (χ4v) is 10.9. The molecule has 0 aliphatic carbocycles. The standard InChI is InChI=1S/C40H45N3O4S/c1-6-23-41(30-19-12-9-13-20-30)36(45)32-33-37(46)43(31(26-44)25-29-17-10-8-11-18-29)35(40(33)22-21-39(32,5)48-40)38(47)42(24-7-2)34-27(3)15-14-16-28(34)4/h6-20,31-33,35,44H,1-2,21-26H2,3-5H3/t31-,32-,33+,35?,39+,40?/m1/s1. The van der Waals surface area contributed by atoms with E-state index >= 15 is 9.59 Å². The van der Waals surface area contributed by atoms with Crippen LogP contribution in [0.3, 0.4) is 0 Å². The zero-order valence-electron chi connectivity index (χ0n) is 28.0. The molecule has 1 spiro atoms. The molecule has 3 aliphatic rings. The molecule has 2 unspecified atom stereocenters. The Labute approximate surface area is 288 Å².